The number of fused-ring (bicyclic) bond motifs is 1. The first kappa shape index (κ1) is 14.3. The zero-order chi connectivity index (χ0) is 14.4. The molecule has 0 saturated carbocycles. The van der Waals surface area contributed by atoms with Crippen molar-refractivity contribution in [1.29, 1.82) is 0 Å². The quantitative estimate of drug-likeness (QED) is 0.658. The van der Waals surface area contributed by atoms with Crippen LogP contribution in [0.2, 0.25) is 5.02 Å². The summed E-state index contributed by atoms with van der Waals surface area (Å²) in [6, 6.07) is 6.43. The highest BCUT2D eigenvalue weighted by molar-refractivity contribution is 6.36. The molecule has 2 heteroatoms. The Bertz CT molecular complexity index is 621. The average molecular weight is 276 g/mol. The first-order chi connectivity index (χ1) is 8.71. The van der Waals surface area contributed by atoms with Crippen molar-refractivity contribution in [3.8, 4) is 0 Å². The van der Waals surface area contributed by atoms with Gasteiger partial charge in [0.2, 0.25) is 0 Å². The van der Waals surface area contributed by atoms with Crippen LogP contribution in [0, 0.1) is 6.92 Å². The van der Waals surface area contributed by atoms with Gasteiger partial charge in [-0.3, -0.25) is 4.98 Å². The lowest BCUT2D eigenvalue weighted by Gasteiger charge is -2.21. The van der Waals surface area contributed by atoms with Crippen LogP contribution in [0.4, 0.5) is 0 Å². The molecule has 102 valence electrons. The maximum absolute atomic E-state index is 6.62. The molecule has 0 atom stereocenters. The van der Waals surface area contributed by atoms with Crippen molar-refractivity contribution >= 4 is 22.5 Å². The Morgan fingerprint density at radius 2 is 1.79 bits per heavy atom. The molecule has 0 fully saturated rings. The van der Waals surface area contributed by atoms with Crippen molar-refractivity contribution in [2.45, 2.75) is 52.9 Å². The van der Waals surface area contributed by atoms with E-state index in [-0.39, 0.29) is 5.41 Å². The summed E-state index contributed by atoms with van der Waals surface area (Å²) in [6.45, 7) is 13.0. The number of hydrogen-bond donors (Lipinski definition) is 0. The lowest BCUT2D eigenvalue weighted by atomic mass is 9.86. The lowest BCUT2D eigenvalue weighted by Crippen LogP contribution is -2.11. The van der Waals surface area contributed by atoms with Crippen LogP contribution in [0.1, 0.15) is 57.4 Å². The second-order valence-electron chi connectivity index (χ2n) is 6.56. The van der Waals surface area contributed by atoms with E-state index in [1.165, 1.54) is 11.1 Å². The molecule has 19 heavy (non-hydrogen) atoms. The van der Waals surface area contributed by atoms with E-state index >= 15 is 0 Å². The number of nitrogens with zero attached hydrogens (tertiary/aromatic N) is 1. The Morgan fingerprint density at radius 1 is 1.16 bits per heavy atom. The van der Waals surface area contributed by atoms with Gasteiger partial charge in [-0.1, -0.05) is 52.3 Å². The van der Waals surface area contributed by atoms with E-state index < -0.39 is 0 Å². The molecule has 0 aliphatic rings. The van der Waals surface area contributed by atoms with Crippen LogP contribution in [-0.4, -0.2) is 4.98 Å². The summed E-state index contributed by atoms with van der Waals surface area (Å²) < 4.78 is 0. The summed E-state index contributed by atoms with van der Waals surface area (Å²) >= 11 is 6.62. The summed E-state index contributed by atoms with van der Waals surface area (Å²) in [5.41, 5.74) is 4.61. The van der Waals surface area contributed by atoms with Gasteiger partial charge < -0.3 is 0 Å². The number of benzene rings is 1. The number of aromatic nitrogens is 1. The molecule has 2 aromatic rings. The monoisotopic (exact) mass is 275 g/mol. The van der Waals surface area contributed by atoms with E-state index in [0.29, 0.717) is 5.92 Å². The first-order valence-electron chi connectivity index (χ1n) is 6.82. The molecule has 0 aliphatic carbocycles. The molecule has 0 radical (unpaired) electrons. The molecule has 1 aromatic heterocycles. The van der Waals surface area contributed by atoms with Gasteiger partial charge in [0, 0.05) is 11.1 Å². The maximum atomic E-state index is 6.62. The van der Waals surface area contributed by atoms with Gasteiger partial charge in [-0.05, 0) is 41.5 Å². The maximum Gasteiger partial charge on any atom is 0.0720 e. The van der Waals surface area contributed by atoms with Crippen molar-refractivity contribution in [3.05, 3.63) is 40.0 Å². The van der Waals surface area contributed by atoms with Gasteiger partial charge >= 0.3 is 0 Å². The number of aryl methyl sites for hydroxylation is 1. The van der Waals surface area contributed by atoms with E-state index in [1.807, 2.05) is 6.92 Å². The smallest absolute Gasteiger partial charge is 0.0720 e. The Balaban J connectivity index is 2.78. The molecule has 1 heterocycles. The minimum absolute atomic E-state index is 0.125. The molecule has 0 saturated heterocycles. The van der Waals surface area contributed by atoms with Gasteiger partial charge in [0.1, 0.15) is 0 Å². The van der Waals surface area contributed by atoms with E-state index in [1.54, 1.807) is 0 Å². The standard InChI is InChI=1S/C17H22ClN/c1-10(2)15-11(3)19-14-8-7-12(17(4,5)6)9-13(14)16(15)18/h7-10H,1-6H3. The van der Waals surface area contributed by atoms with Crippen LogP contribution >= 0.6 is 11.6 Å². The summed E-state index contributed by atoms with van der Waals surface area (Å²) in [5.74, 6) is 0.391. The normalized spacial score (nSPS) is 12.4. The Kier molecular flexibility index (Phi) is 3.61. The SMILES string of the molecule is Cc1nc2ccc(C(C)(C)C)cc2c(Cl)c1C(C)C. The third-order valence-corrected chi connectivity index (χ3v) is 4.00. The third kappa shape index (κ3) is 2.62. The average Bonchev–Trinajstić information content (AvgIpc) is 2.26. The minimum atomic E-state index is 0.125. The van der Waals surface area contributed by atoms with Crippen LogP contribution in [-0.2, 0) is 5.41 Å². The van der Waals surface area contributed by atoms with Crippen molar-refractivity contribution < 1.29 is 0 Å². The zero-order valence-electron chi connectivity index (χ0n) is 12.6. The predicted molar refractivity (Wildman–Crippen MR) is 84.3 cm³/mol. The van der Waals surface area contributed by atoms with Crippen LogP contribution in [0.25, 0.3) is 10.9 Å². The molecule has 0 aliphatic heterocycles. The number of hydrogen-bond acceptors (Lipinski definition) is 1. The largest absolute Gasteiger partial charge is 0.253 e. The number of rotatable bonds is 1. The van der Waals surface area contributed by atoms with Crippen LogP contribution in [0.3, 0.4) is 0 Å². The molecule has 1 aromatic carbocycles. The topological polar surface area (TPSA) is 12.9 Å². The summed E-state index contributed by atoms with van der Waals surface area (Å²) in [6.07, 6.45) is 0. The number of pyridine rings is 1. The van der Waals surface area contributed by atoms with E-state index in [9.17, 15) is 0 Å². The Hall–Kier alpha value is -1.08. The van der Waals surface area contributed by atoms with E-state index in [0.717, 1.165) is 21.6 Å². The highest BCUT2D eigenvalue weighted by Crippen LogP contribution is 2.35. The molecular formula is C17H22ClN. The van der Waals surface area contributed by atoms with Crippen molar-refractivity contribution in [1.82, 2.24) is 4.98 Å². The molecule has 0 amide bonds. The minimum Gasteiger partial charge on any atom is -0.253 e. The van der Waals surface area contributed by atoms with Gasteiger partial charge in [-0.2, -0.15) is 0 Å². The Labute approximate surface area is 121 Å². The second kappa shape index (κ2) is 4.79. The summed E-state index contributed by atoms with van der Waals surface area (Å²) in [4.78, 5) is 4.70. The third-order valence-electron chi connectivity index (χ3n) is 3.59. The molecule has 2 rings (SSSR count). The van der Waals surface area contributed by atoms with Gasteiger partial charge in [-0.25, -0.2) is 0 Å². The van der Waals surface area contributed by atoms with Crippen molar-refractivity contribution in [2.24, 2.45) is 0 Å². The highest BCUT2D eigenvalue weighted by Gasteiger charge is 2.18. The van der Waals surface area contributed by atoms with Gasteiger partial charge in [0.15, 0.2) is 0 Å². The molecule has 0 spiro atoms. The zero-order valence-corrected chi connectivity index (χ0v) is 13.4. The molecule has 0 N–H and O–H groups in total. The fourth-order valence-electron chi connectivity index (χ4n) is 2.49. The second-order valence-corrected chi connectivity index (χ2v) is 6.94. The van der Waals surface area contributed by atoms with Gasteiger partial charge in [0.25, 0.3) is 0 Å². The first-order valence-corrected chi connectivity index (χ1v) is 7.20. The molecule has 0 unspecified atom stereocenters. The van der Waals surface area contributed by atoms with Gasteiger partial charge in [-0.15, -0.1) is 0 Å². The highest BCUT2D eigenvalue weighted by atomic mass is 35.5. The van der Waals surface area contributed by atoms with Crippen LogP contribution < -0.4 is 0 Å². The van der Waals surface area contributed by atoms with E-state index in [2.05, 4.69) is 52.8 Å². The Morgan fingerprint density at radius 3 is 2.32 bits per heavy atom. The van der Waals surface area contributed by atoms with E-state index in [4.69, 9.17) is 16.6 Å². The molecular weight excluding hydrogens is 254 g/mol. The van der Waals surface area contributed by atoms with Crippen molar-refractivity contribution in [2.75, 3.05) is 0 Å². The van der Waals surface area contributed by atoms with Crippen molar-refractivity contribution in [3.63, 3.8) is 0 Å². The lowest BCUT2D eigenvalue weighted by molar-refractivity contribution is 0.591. The fourth-order valence-corrected chi connectivity index (χ4v) is 3.00. The predicted octanol–water partition coefficient (Wildman–Crippen LogP) is 5.62. The van der Waals surface area contributed by atoms with Crippen LogP contribution in [0.5, 0.6) is 0 Å². The summed E-state index contributed by atoms with van der Waals surface area (Å²) in [7, 11) is 0. The van der Waals surface area contributed by atoms with Gasteiger partial charge in [0.05, 0.1) is 10.5 Å². The fraction of sp³-hybridized carbons (Fsp3) is 0.471. The summed E-state index contributed by atoms with van der Waals surface area (Å²) in [5, 5.41) is 1.94. The molecule has 1 nitrogen and oxygen atoms in total. The molecule has 0 bridgehead atoms. The van der Waals surface area contributed by atoms with Crippen LogP contribution in [0.15, 0.2) is 18.2 Å². The number of halogens is 1.